The Labute approximate surface area is 124 Å². The van der Waals surface area contributed by atoms with E-state index in [0.29, 0.717) is 26.1 Å². The highest BCUT2D eigenvalue weighted by molar-refractivity contribution is 7.90. The molecule has 1 aliphatic rings. The number of hydrogen-bond donors (Lipinski definition) is 2. The number of aliphatic carboxylic acids is 1. The molecule has 0 saturated carbocycles. The van der Waals surface area contributed by atoms with Gasteiger partial charge in [-0.05, 0) is 19.3 Å². The maximum absolute atomic E-state index is 12.0. The number of ether oxygens (including phenoxy) is 1. The van der Waals surface area contributed by atoms with Crippen molar-refractivity contribution in [3.63, 3.8) is 0 Å². The molecule has 2 amide bonds. The van der Waals surface area contributed by atoms with Crippen LogP contribution in [0.25, 0.3) is 0 Å². The number of nitrogens with zero attached hydrogens (tertiary/aromatic N) is 1. The molecular weight excluding hydrogens is 300 g/mol. The number of amides is 2. The topological polar surface area (TPSA) is 113 Å². The van der Waals surface area contributed by atoms with E-state index in [-0.39, 0.29) is 18.2 Å². The third-order valence-corrected chi connectivity index (χ3v) is 4.41. The van der Waals surface area contributed by atoms with Crippen molar-refractivity contribution in [2.24, 2.45) is 0 Å². The van der Waals surface area contributed by atoms with Crippen molar-refractivity contribution in [2.45, 2.75) is 31.3 Å². The van der Waals surface area contributed by atoms with Gasteiger partial charge in [0.1, 0.15) is 15.9 Å². The molecule has 1 heterocycles. The zero-order chi connectivity index (χ0) is 16.0. The van der Waals surface area contributed by atoms with E-state index in [4.69, 9.17) is 9.84 Å². The molecule has 1 unspecified atom stereocenters. The van der Waals surface area contributed by atoms with E-state index < -0.39 is 27.9 Å². The molecule has 1 aliphatic heterocycles. The summed E-state index contributed by atoms with van der Waals surface area (Å²) in [5.41, 5.74) is 0. The fourth-order valence-electron chi connectivity index (χ4n) is 2.08. The van der Waals surface area contributed by atoms with Crippen LogP contribution in [0.3, 0.4) is 0 Å². The van der Waals surface area contributed by atoms with Crippen molar-refractivity contribution in [2.75, 3.05) is 32.3 Å². The molecule has 8 nitrogen and oxygen atoms in total. The smallest absolute Gasteiger partial charge is 0.326 e. The van der Waals surface area contributed by atoms with Crippen LogP contribution in [0, 0.1) is 0 Å². The molecule has 2 N–H and O–H groups in total. The lowest BCUT2D eigenvalue weighted by Gasteiger charge is -2.32. The molecule has 0 aromatic rings. The lowest BCUT2D eigenvalue weighted by molar-refractivity contribution is -0.139. The number of urea groups is 1. The van der Waals surface area contributed by atoms with E-state index in [9.17, 15) is 18.0 Å². The van der Waals surface area contributed by atoms with Gasteiger partial charge in [0.05, 0.1) is 5.75 Å². The largest absolute Gasteiger partial charge is 0.480 e. The van der Waals surface area contributed by atoms with Crippen LogP contribution in [0.5, 0.6) is 0 Å². The maximum atomic E-state index is 12.0. The number of carboxylic acids is 1. The summed E-state index contributed by atoms with van der Waals surface area (Å²) in [4.78, 5) is 24.6. The number of carbonyl (C=O) groups is 2. The van der Waals surface area contributed by atoms with Gasteiger partial charge in [-0.25, -0.2) is 18.0 Å². The van der Waals surface area contributed by atoms with Gasteiger partial charge in [0.2, 0.25) is 0 Å². The minimum absolute atomic E-state index is 0.00287. The zero-order valence-corrected chi connectivity index (χ0v) is 13.1. The minimum Gasteiger partial charge on any atom is -0.480 e. The normalized spacial score (nSPS) is 18.0. The number of hydrogen-bond acceptors (Lipinski definition) is 5. The molecule has 9 heteroatoms. The van der Waals surface area contributed by atoms with E-state index in [1.807, 2.05) is 0 Å². The molecular formula is C12H22N2O6S. The van der Waals surface area contributed by atoms with Crippen molar-refractivity contribution < 1.29 is 27.9 Å². The molecule has 1 saturated heterocycles. The molecule has 1 atom stereocenters. The molecule has 122 valence electrons. The molecule has 0 bridgehead atoms. The van der Waals surface area contributed by atoms with Crippen molar-refractivity contribution in [3.8, 4) is 0 Å². The number of sulfone groups is 1. The summed E-state index contributed by atoms with van der Waals surface area (Å²) in [7, 11) is -1.68. The lowest BCUT2D eigenvalue weighted by Crippen LogP contribution is -2.51. The summed E-state index contributed by atoms with van der Waals surface area (Å²) < 4.78 is 27.4. The SMILES string of the molecule is CN(C(=O)NC(CCS(C)(=O)=O)C(=O)O)C1CCOCC1. The Hall–Kier alpha value is -1.35. The third-order valence-electron chi connectivity index (χ3n) is 3.43. The molecule has 0 aromatic carbocycles. The monoisotopic (exact) mass is 322 g/mol. The Morgan fingerprint density at radius 2 is 1.95 bits per heavy atom. The van der Waals surface area contributed by atoms with Gasteiger partial charge in [-0.1, -0.05) is 0 Å². The highest BCUT2D eigenvalue weighted by Gasteiger charge is 2.27. The van der Waals surface area contributed by atoms with Gasteiger partial charge >= 0.3 is 12.0 Å². The summed E-state index contributed by atoms with van der Waals surface area (Å²) in [5, 5.41) is 11.4. The first-order valence-corrected chi connectivity index (χ1v) is 8.78. The summed E-state index contributed by atoms with van der Waals surface area (Å²) in [6.45, 7) is 1.14. The summed E-state index contributed by atoms with van der Waals surface area (Å²) in [5.74, 6) is -1.53. The van der Waals surface area contributed by atoms with E-state index >= 15 is 0 Å². The second-order valence-electron chi connectivity index (χ2n) is 5.21. The Morgan fingerprint density at radius 3 is 2.43 bits per heavy atom. The second-order valence-corrected chi connectivity index (χ2v) is 7.47. The molecule has 21 heavy (non-hydrogen) atoms. The first-order valence-electron chi connectivity index (χ1n) is 6.72. The first kappa shape index (κ1) is 17.7. The predicted octanol–water partition coefficient (Wildman–Crippen LogP) is -0.305. The van der Waals surface area contributed by atoms with Crippen molar-refractivity contribution in [1.82, 2.24) is 10.2 Å². The van der Waals surface area contributed by atoms with Crippen LogP contribution in [0.15, 0.2) is 0 Å². The first-order chi connectivity index (χ1) is 9.70. The van der Waals surface area contributed by atoms with E-state index in [0.717, 1.165) is 6.26 Å². The fraction of sp³-hybridized carbons (Fsp3) is 0.833. The van der Waals surface area contributed by atoms with Crippen LogP contribution in [0.1, 0.15) is 19.3 Å². The minimum atomic E-state index is -3.27. The Morgan fingerprint density at radius 1 is 1.38 bits per heavy atom. The summed E-state index contributed by atoms with van der Waals surface area (Å²) in [6, 6.07) is -1.72. The van der Waals surface area contributed by atoms with E-state index in [2.05, 4.69) is 5.32 Å². The van der Waals surface area contributed by atoms with Crippen molar-refractivity contribution in [3.05, 3.63) is 0 Å². The fourth-order valence-corrected chi connectivity index (χ4v) is 2.74. The quantitative estimate of drug-likeness (QED) is 0.694. The molecule has 1 rings (SSSR count). The number of carbonyl (C=O) groups excluding carboxylic acids is 1. The Balaban J connectivity index is 2.56. The third kappa shape index (κ3) is 6.30. The van der Waals surface area contributed by atoms with Gasteiger partial charge < -0.3 is 20.1 Å². The molecule has 0 radical (unpaired) electrons. The van der Waals surface area contributed by atoms with E-state index in [1.165, 1.54) is 4.90 Å². The van der Waals surface area contributed by atoms with Crippen molar-refractivity contribution in [1.29, 1.82) is 0 Å². The van der Waals surface area contributed by atoms with Crippen LogP contribution < -0.4 is 5.32 Å². The van der Waals surface area contributed by atoms with Gasteiger partial charge in [0, 0.05) is 32.6 Å². The molecule has 0 aliphatic carbocycles. The van der Waals surface area contributed by atoms with Gasteiger partial charge in [-0.15, -0.1) is 0 Å². The van der Waals surface area contributed by atoms with E-state index in [1.54, 1.807) is 7.05 Å². The van der Waals surface area contributed by atoms with Gasteiger partial charge in [0.25, 0.3) is 0 Å². The highest BCUT2D eigenvalue weighted by Crippen LogP contribution is 2.13. The summed E-state index contributed by atoms with van der Waals surface area (Å²) >= 11 is 0. The number of nitrogens with one attached hydrogen (secondary N) is 1. The van der Waals surface area contributed by atoms with Crippen LogP contribution >= 0.6 is 0 Å². The summed E-state index contributed by atoms with van der Waals surface area (Å²) in [6.07, 6.45) is 2.28. The zero-order valence-electron chi connectivity index (χ0n) is 12.2. The van der Waals surface area contributed by atoms with Crippen LogP contribution in [-0.2, 0) is 19.4 Å². The second kappa shape index (κ2) is 7.60. The molecule has 0 aromatic heterocycles. The van der Waals surface area contributed by atoms with Crippen LogP contribution in [0.4, 0.5) is 4.79 Å². The standard InChI is InChI=1S/C12H22N2O6S/c1-14(9-3-6-20-7-4-9)12(17)13-10(11(15)16)5-8-21(2,18)19/h9-10H,3-8H2,1-2H3,(H,13,17)(H,15,16). The number of rotatable bonds is 6. The predicted molar refractivity (Wildman–Crippen MR) is 75.9 cm³/mol. The van der Waals surface area contributed by atoms with Crippen molar-refractivity contribution >= 4 is 21.8 Å². The lowest BCUT2D eigenvalue weighted by atomic mass is 10.1. The van der Waals surface area contributed by atoms with Gasteiger partial charge in [-0.2, -0.15) is 0 Å². The van der Waals surface area contributed by atoms with Crippen LogP contribution in [0.2, 0.25) is 0 Å². The van der Waals surface area contributed by atoms with Crippen LogP contribution in [-0.4, -0.2) is 74.8 Å². The highest BCUT2D eigenvalue weighted by atomic mass is 32.2. The average molecular weight is 322 g/mol. The van der Waals surface area contributed by atoms with Gasteiger partial charge in [-0.3, -0.25) is 0 Å². The maximum Gasteiger partial charge on any atom is 0.326 e. The molecule has 0 spiro atoms. The Kier molecular flexibility index (Phi) is 6.41. The average Bonchev–Trinajstić information content (AvgIpc) is 2.42. The number of carboxylic acid groups (broad SMARTS) is 1. The molecule has 1 fully saturated rings. The Bertz CT molecular complexity index is 472. The van der Waals surface area contributed by atoms with Gasteiger partial charge in [0.15, 0.2) is 0 Å².